The number of hydrazone groups is 1. The van der Waals surface area contributed by atoms with E-state index in [0.29, 0.717) is 17.0 Å². The maximum atomic E-state index is 11.8. The van der Waals surface area contributed by atoms with Crippen molar-refractivity contribution in [1.82, 2.24) is 5.43 Å². The van der Waals surface area contributed by atoms with Crippen LogP contribution in [0.4, 0.5) is 5.69 Å². The summed E-state index contributed by atoms with van der Waals surface area (Å²) < 4.78 is 5.02. The van der Waals surface area contributed by atoms with Crippen molar-refractivity contribution in [3.8, 4) is 11.5 Å². The van der Waals surface area contributed by atoms with Gasteiger partial charge in [-0.05, 0) is 36.4 Å². The fourth-order valence-corrected chi connectivity index (χ4v) is 1.84. The van der Waals surface area contributed by atoms with Gasteiger partial charge in [-0.25, -0.2) is 5.43 Å². The molecule has 2 aromatic rings. The molecule has 0 bridgehead atoms. The number of carbonyl (C=O) groups is 2. The molecular weight excluding hydrogens is 310 g/mol. The summed E-state index contributed by atoms with van der Waals surface area (Å²) in [4.78, 5) is 23.4. The number of para-hydroxylation sites is 1. The molecule has 0 aliphatic carbocycles. The summed E-state index contributed by atoms with van der Waals surface area (Å²) in [6, 6.07) is 13.3. The molecule has 0 radical (unpaired) electrons. The van der Waals surface area contributed by atoms with E-state index in [1.807, 2.05) is 0 Å². The lowest BCUT2D eigenvalue weighted by Gasteiger charge is -2.05. The molecule has 7 nitrogen and oxygen atoms in total. The van der Waals surface area contributed by atoms with E-state index in [2.05, 4.69) is 15.8 Å². The molecule has 7 heteroatoms. The van der Waals surface area contributed by atoms with Gasteiger partial charge in [-0.1, -0.05) is 12.1 Å². The molecule has 0 spiro atoms. The lowest BCUT2D eigenvalue weighted by molar-refractivity contribution is -0.126. The second kappa shape index (κ2) is 8.33. The van der Waals surface area contributed by atoms with E-state index in [4.69, 9.17) is 4.74 Å². The molecule has 0 saturated heterocycles. The van der Waals surface area contributed by atoms with Crippen LogP contribution < -0.4 is 15.5 Å². The van der Waals surface area contributed by atoms with E-state index in [0.717, 1.165) is 0 Å². The minimum absolute atomic E-state index is 0.0488. The van der Waals surface area contributed by atoms with Crippen LogP contribution in [0.25, 0.3) is 0 Å². The van der Waals surface area contributed by atoms with E-state index in [-0.39, 0.29) is 12.2 Å². The maximum Gasteiger partial charge on any atom is 0.249 e. The zero-order chi connectivity index (χ0) is 17.4. The van der Waals surface area contributed by atoms with Gasteiger partial charge < -0.3 is 15.2 Å². The van der Waals surface area contributed by atoms with Crippen molar-refractivity contribution in [2.24, 2.45) is 5.10 Å². The minimum atomic E-state index is -0.562. The van der Waals surface area contributed by atoms with E-state index in [9.17, 15) is 14.7 Å². The third-order valence-corrected chi connectivity index (χ3v) is 3.02. The van der Waals surface area contributed by atoms with E-state index in [1.54, 1.807) is 49.6 Å². The van der Waals surface area contributed by atoms with Gasteiger partial charge in [0.1, 0.15) is 17.9 Å². The predicted molar refractivity (Wildman–Crippen MR) is 90.1 cm³/mol. The van der Waals surface area contributed by atoms with Gasteiger partial charge in [0.05, 0.1) is 13.3 Å². The van der Waals surface area contributed by atoms with E-state index in [1.165, 1.54) is 12.3 Å². The molecule has 0 atom stereocenters. The van der Waals surface area contributed by atoms with Crippen LogP contribution in [0.2, 0.25) is 0 Å². The first-order valence-corrected chi connectivity index (χ1v) is 7.12. The lowest BCUT2D eigenvalue weighted by Crippen LogP contribution is -2.24. The average molecular weight is 327 g/mol. The van der Waals surface area contributed by atoms with Crippen molar-refractivity contribution in [3.05, 3.63) is 54.1 Å². The SMILES string of the molecule is COc1ccc(NC(=O)CC(=O)N/N=C/c2ccccc2O)cc1. The van der Waals surface area contributed by atoms with Crippen molar-refractivity contribution in [3.63, 3.8) is 0 Å². The summed E-state index contributed by atoms with van der Waals surface area (Å²) in [6.07, 6.45) is 0.929. The van der Waals surface area contributed by atoms with Crippen molar-refractivity contribution < 1.29 is 19.4 Å². The number of nitrogens with one attached hydrogen (secondary N) is 2. The van der Waals surface area contributed by atoms with Gasteiger partial charge in [0.2, 0.25) is 11.8 Å². The molecule has 0 aromatic heterocycles. The number of hydrogen-bond acceptors (Lipinski definition) is 5. The third-order valence-electron chi connectivity index (χ3n) is 3.02. The molecule has 0 unspecified atom stereocenters. The minimum Gasteiger partial charge on any atom is -0.507 e. The molecule has 0 saturated carbocycles. The second-order valence-corrected chi connectivity index (χ2v) is 4.81. The van der Waals surface area contributed by atoms with Gasteiger partial charge in [0.15, 0.2) is 0 Å². The number of amides is 2. The van der Waals surface area contributed by atoms with Crippen LogP contribution in [0.15, 0.2) is 53.6 Å². The number of anilines is 1. The number of hydrogen-bond donors (Lipinski definition) is 3. The van der Waals surface area contributed by atoms with E-state index < -0.39 is 11.8 Å². The van der Waals surface area contributed by atoms with Crippen molar-refractivity contribution in [1.29, 1.82) is 0 Å². The number of benzene rings is 2. The molecular formula is C17H17N3O4. The maximum absolute atomic E-state index is 11.8. The van der Waals surface area contributed by atoms with Crippen molar-refractivity contribution in [2.75, 3.05) is 12.4 Å². The third kappa shape index (κ3) is 5.13. The Morgan fingerprint density at radius 2 is 1.83 bits per heavy atom. The Hall–Kier alpha value is -3.35. The quantitative estimate of drug-likeness (QED) is 0.428. The van der Waals surface area contributed by atoms with Crippen molar-refractivity contribution in [2.45, 2.75) is 6.42 Å². The Morgan fingerprint density at radius 3 is 2.50 bits per heavy atom. The first kappa shape index (κ1) is 17.0. The smallest absolute Gasteiger partial charge is 0.249 e. The number of ether oxygens (including phenoxy) is 1. The largest absolute Gasteiger partial charge is 0.507 e. The zero-order valence-corrected chi connectivity index (χ0v) is 13.0. The number of aromatic hydroxyl groups is 1. The molecule has 0 aliphatic rings. The highest BCUT2D eigenvalue weighted by Gasteiger charge is 2.09. The van der Waals surface area contributed by atoms with Crippen LogP contribution in [0, 0.1) is 0 Å². The first-order chi connectivity index (χ1) is 11.6. The van der Waals surface area contributed by atoms with Gasteiger partial charge in [-0.3, -0.25) is 9.59 Å². The molecule has 0 heterocycles. The van der Waals surface area contributed by atoms with Gasteiger partial charge in [0.25, 0.3) is 0 Å². The molecule has 124 valence electrons. The first-order valence-electron chi connectivity index (χ1n) is 7.12. The second-order valence-electron chi connectivity index (χ2n) is 4.81. The van der Waals surface area contributed by atoms with Gasteiger partial charge in [0, 0.05) is 11.3 Å². The summed E-state index contributed by atoms with van der Waals surface area (Å²) in [7, 11) is 1.55. The Balaban J connectivity index is 1.81. The summed E-state index contributed by atoms with van der Waals surface area (Å²) in [6.45, 7) is 0. The number of phenols is 1. The molecule has 2 rings (SSSR count). The molecule has 24 heavy (non-hydrogen) atoms. The van der Waals surface area contributed by atoms with Crippen LogP contribution in [0.1, 0.15) is 12.0 Å². The number of phenolic OH excluding ortho intramolecular Hbond substituents is 1. The highest BCUT2D eigenvalue weighted by molar-refractivity contribution is 6.03. The lowest BCUT2D eigenvalue weighted by atomic mass is 10.2. The van der Waals surface area contributed by atoms with Crippen LogP contribution >= 0.6 is 0 Å². The number of nitrogens with zero attached hydrogens (tertiary/aromatic N) is 1. The Bertz CT molecular complexity index is 742. The van der Waals surface area contributed by atoms with Crippen LogP contribution in [0.3, 0.4) is 0 Å². The summed E-state index contributed by atoms with van der Waals surface area (Å²) in [5.41, 5.74) is 3.25. The predicted octanol–water partition coefficient (Wildman–Crippen LogP) is 1.88. The van der Waals surface area contributed by atoms with Crippen molar-refractivity contribution >= 4 is 23.7 Å². The van der Waals surface area contributed by atoms with Crippen LogP contribution in [-0.2, 0) is 9.59 Å². The van der Waals surface area contributed by atoms with Gasteiger partial charge in [-0.15, -0.1) is 0 Å². The normalized spacial score (nSPS) is 10.4. The van der Waals surface area contributed by atoms with Crippen LogP contribution in [-0.4, -0.2) is 30.2 Å². The highest BCUT2D eigenvalue weighted by atomic mass is 16.5. The standard InChI is InChI=1S/C17H17N3O4/c1-24-14-8-6-13(7-9-14)19-16(22)10-17(23)20-18-11-12-4-2-3-5-15(12)21/h2-9,11,21H,10H2,1H3,(H,19,22)(H,20,23)/b18-11+. The van der Waals surface area contributed by atoms with Gasteiger partial charge >= 0.3 is 0 Å². The Morgan fingerprint density at radius 1 is 1.12 bits per heavy atom. The molecule has 2 aromatic carbocycles. The zero-order valence-electron chi connectivity index (χ0n) is 13.0. The molecule has 0 aliphatic heterocycles. The molecule has 2 amide bonds. The Labute approximate surface area is 139 Å². The average Bonchev–Trinajstić information content (AvgIpc) is 2.57. The molecule has 3 N–H and O–H groups in total. The van der Waals surface area contributed by atoms with E-state index >= 15 is 0 Å². The van der Waals surface area contributed by atoms with Crippen LogP contribution in [0.5, 0.6) is 11.5 Å². The number of carbonyl (C=O) groups excluding carboxylic acids is 2. The monoisotopic (exact) mass is 327 g/mol. The summed E-state index contributed by atoms with van der Waals surface area (Å²) in [5, 5.41) is 15.8. The fraction of sp³-hybridized carbons (Fsp3) is 0.118. The summed E-state index contributed by atoms with van der Waals surface area (Å²) >= 11 is 0. The number of rotatable bonds is 6. The fourth-order valence-electron chi connectivity index (χ4n) is 1.84. The topological polar surface area (TPSA) is 100 Å². The Kier molecular flexibility index (Phi) is 5.90. The van der Waals surface area contributed by atoms with Gasteiger partial charge in [-0.2, -0.15) is 5.10 Å². The number of methoxy groups -OCH3 is 1. The summed E-state index contributed by atoms with van der Waals surface area (Å²) in [5.74, 6) is -0.305. The molecule has 0 fully saturated rings. The highest BCUT2D eigenvalue weighted by Crippen LogP contribution is 2.15.